The molecule has 0 radical (unpaired) electrons. The van der Waals surface area contributed by atoms with Crippen molar-refractivity contribution in [2.24, 2.45) is 5.41 Å². The number of hydrogen-bond acceptors (Lipinski definition) is 7. The van der Waals surface area contributed by atoms with E-state index in [0.717, 1.165) is 58.5 Å². The predicted molar refractivity (Wildman–Crippen MR) is 184 cm³/mol. The fraction of sp³-hybridized carbons (Fsp3) is 0.474. The van der Waals surface area contributed by atoms with Gasteiger partial charge in [0.15, 0.2) is 5.82 Å². The molecule has 1 saturated carbocycles. The van der Waals surface area contributed by atoms with Crippen molar-refractivity contribution in [3.63, 3.8) is 0 Å². The fourth-order valence-electron chi connectivity index (χ4n) is 6.78. The van der Waals surface area contributed by atoms with Crippen LogP contribution in [0, 0.1) is 17.3 Å². The Kier molecular flexibility index (Phi) is 7.78. The van der Waals surface area contributed by atoms with Gasteiger partial charge >= 0.3 is 12.2 Å². The number of nitrogens with zero attached hydrogens (tertiary/aromatic N) is 4. The lowest BCUT2D eigenvalue weighted by Gasteiger charge is -2.33. The molecule has 0 bridgehead atoms. The summed E-state index contributed by atoms with van der Waals surface area (Å²) in [6, 6.07) is 13.5. The summed E-state index contributed by atoms with van der Waals surface area (Å²) in [5.74, 6) is 7.60. The van der Waals surface area contributed by atoms with Gasteiger partial charge in [-0.15, -0.1) is 0 Å². The maximum absolute atomic E-state index is 13.1. The molecule has 2 aromatic heterocycles. The summed E-state index contributed by atoms with van der Waals surface area (Å²) < 4.78 is 11.3. The number of nitrogens with one attached hydrogen (secondary N) is 2. The Morgan fingerprint density at radius 1 is 0.918 bits per heavy atom. The second-order valence-corrected chi connectivity index (χ2v) is 15.7. The van der Waals surface area contributed by atoms with Gasteiger partial charge < -0.3 is 24.5 Å². The fourth-order valence-corrected chi connectivity index (χ4v) is 6.78. The van der Waals surface area contributed by atoms with E-state index in [9.17, 15) is 14.7 Å². The molecule has 2 amide bonds. The van der Waals surface area contributed by atoms with Gasteiger partial charge in [0.25, 0.3) is 0 Å². The molecule has 2 aromatic carbocycles. The molecule has 4 aromatic rings. The van der Waals surface area contributed by atoms with Crippen LogP contribution in [0.2, 0.25) is 0 Å². The van der Waals surface area contributed by atoms with Crippen LogP contribution in [0.4, 0.5) is 9.59 Å². The van der Waals surface area contributed by atoms with Gasteiger partial charge in [-0.3, -0.25) is 9.80 Å². The lowest BCUT2D eigenvalue weighted by molar-refractivity contribution is -0.0945. The number of fused-ring (bicyclic) bond motifs is 1. The monoisotopic (exact) mass is 664 g/mol. The van der Waals surface area contributed by atoms with Gasteiger partial charge in [-0.05, 0) is 109 Å². The molecule has 49 heavy (non-hydrogen) atoms. The Morgan fingerprint density at radius 2 is 1.59 bits per heavy atom. The first-order chi connectivity index (χ1) is 23.1. The quantitative estimate of drug-likeness (QED) is 0.201. The average Bonchev–Trinajstić information content (AvgIpc) is 3.47. The zero-order valence-electron chi connectivity index (χ0n) is 29.0. The van der Waals surface area contributed by atoms with E-state index in [1.807, 2.05) is 68.1 Å². The van der Waals surface area contributed by atoms with Crippen molar-refractivity contribution in [1.82, 2.24) is 29.7 Å². The molecule has 1 aliphatic carbocycles. The Labute approximate surface area is 286 Å². The third-order valence-electron chi connectivity index (χ3n) is 9.38. The number of H-pyrrole nitrogens is 2. The van der Waals surface area contributed by atoms with Crippen molar-refractivity contribution in [1.29, 1.82) is 0 Å². The maximum atomic E-state index is 13.1. The summed E-state index contributed by atoms with van der Waals surface area (Å²) in [6.45, 7) is 12.2. The number of aliphatic hydroxyl groups is 1. The van der Waals surface area contributed by atoms with Crippen LogP contribution in [0.5, 0.6) is 0 Å². The number of ether oxygens (including phenoxy) is 2. The van der Waals surface area contributed by atoms with Crippen molar-refractivity contribution >= 4 is 23.2 Å². The van der Waals surface area contributed by atoms with Crippen LogP contribution in [0.1, 0.15) is 102 Å². The number of aromatic nitrogens is 4. The van der Waals surface area contributed by atoms with Gasteiger partial charge in [0.1, 0.15) is 17.0 Å². The molecule has 2 saturated heterocycles. The highest BCUT2D eigenvalue weighted by Crippen LogP contribution is 2.58. The number of hydrogen-bond donors (Lipinski definition) is 3. The Balaban J connectivity index is 1.05. The predicted octanol–water partition coefficient (Wildman–Crippen LogP) is 6.99. The molecule has 0 unspecified atom stereocenters. The molecular weight excluding hydrogens is 620 g/mol. The second-order valence-electron chi connectivity index (χ2n) is 15.7. The third kappa shape index (κ3) is 6.75. The van der Waals surface area contributed by atoms with E-state index in [-0.39, 0.29) is 17.6 Å². The molecular formula is C38H44N6O5. The lowest BCUT2D eigenvalue weighted by Crippen LogP contribution is -2.47. The van der Waals surface area contributed by atoms with Crippen LogP contribution in [-0.4, -0.2) is 71.3 Å². The van der Waals surface area contributed by atoms with Gasteiger partial charge in [0.05, 0.1) is 29.0 Å². The minimum atomic E-state index is -1.56. The van der Waals surface area contributed by atoms with Crippen LogP contribution in [0.15, 0.2) is 48.7 Å². The summed E-state index contributed by atoms with van der Waals surface area (Å²) >= 11 is 0. The van der Waals surface area contributed by atoms with Gasteiger partial charge in [0.2, 0.25) is 5.72 Å². The van der Waals surface area contributed by atoms with Gasteiger partial charge in [0, 0.05) is 30.6 Å². The zero-order valence-corrected chi connectivity index (χ0v) is 29.0. The average molecular weight is 665 g/mol. The van der Waals surface area contributed by atoms with E-state index in [4.69, 9.17) is 14.5 Å². The molecule has 4 heterocycles. The lowest BCUT2D eigenvalue weighted by atomic mass is 10.0. The topological polar surface area (TPSA) is 137 Å². The normalized spacial score (nSPS) is 21.6. The molecule has 3 aliphatic rings. The van der Waals surface area contributed by atoms with E-state index in [2.05, 4.69) is 26.8 Å². The van der Waals surface area contributed by atoms with Crippen LogP contribution in [0.3, 0.4) is 0 Å². The SMILES string of the molecule is CC(C)(C)OC(=O)N1CC2(CC2)C[C@H]1c1nc2ccc(C#Cc3ccc(-c4cnc([C@@]5(O)CCCN5C(=O)OC(C)(C)C)[nH]4)cc3)cc2[nH]1. The Morgan fingerprint density at radius 3 is 2.29 bits per heavy atom. The molecule has 2 atom stereocenters. The number of likely N-dealkylation sites (tertiary alicyclic amines) is 2. The highest BCUT2D eigenvalue weighted by atomic mass is 16.6. The summed E-state index contributed by atoms with van der Waals surface area (Å²) in [7, 11) is 0. The number of carbonyl (C=O) groups excluding carboxylic acids is 2. The molecule has 7 rings (SSSR count). The van der Waals surface area contributed by atoms with Crippen molar-refractivity contribution in [3.05, 3.63) is 71.4 Å². The number of imidazole rings is 2. The van der Waals surface area contributed by atoms with Crippen LogP contribution in [-0.2, 0) is 15.2 Å². The number of benzene rings is 2. The summed E-state index contributed by atoms with van der Waals surface area (Å²) in [6.07, 6.45) is 4.96. The molecule has 2 aliphatic heterocycles. The van der Waals surface area contributed by atoms with Crippen LogP contribution < -0.4 is 0 Å². The Bertz CT molecular complexity index is 1970. The van der Waals surface area contributed by atoms with Gasteiger partial charge in [-0.1, -0.05) is 24.0 Å². The summed E-state index contributed by atoms with van der Waals surface area (Å²) in [4.78, 5) is 45.1. The third-order valence-corrected chi connectivity index (χ3v) is 9.38. The summed E-state index contributed by atoms with van der Waals surface area (Å²) in [5.41, 5.74) is 2.40. The van der Waals surface area contributed by atoms with Crippen LogP contribution >= 0.6 is 0 Å². The highest BCUT2D eigenvalue weighted by molar-refractivity contribution is 5.78. The smallest absolute Gasteiger partial charge is 0.412 e. The Hall–Kier alpha value is -4.82. The standard InChI is InChI=1S/C38H44N6O5/c1-35(2,3)48-33(45)43-23-37(17-18-37)21-30(43)31-40-27-15-12-25(20-28(27)41-31)9-8-24-10-13-26(14-11-24)29-22-39-32(42-29)38(47)16-7-19-44(38)34(46)49-36(4,5)6/h10-15,20,22,30,47H,7,16-19,21,23H2,1-6H3,(H,39,42)(H,40,41)/t30-,38-/m0/s1. The molecule has 3 fully saturated rings. The second kappa shape index (κ2) is 11.7. The molecule has 11 nitrogen and oxygen atoms in total. The molecule has 11 heteroatoms. The minimum Gasteiger partial charge on any atom is -0.444 e. The number of carbonyl (C=O) groups is 2. The van der Waals surface area contributed by atoms with Gasteiger partial charge in [-0.25, -0.2) is 19.6 Å². The summed E-state index contributed by atoms with van der Waals surface area (Å²) in [5, 5.41) is 11.5. The highest BCUT2D eigenvalue weighted by Gasteiger charge is 2.55. The van der Waals surface area contributed by atoms with Crippen LogP contribution in [0.25, 0.3) is 22.3 Å². The van der Waals surface area contributed by atoms with E-state index in [1.165, 1.54) is 4.90 Å². The molecule has 3 N–H and O–H groups in total. The van der Waals surface area contributed by atoms with Crippen molar-refractivity contribution in [3.8, 4) is 23.1 Å². The number of aromatic amines is 2. The molecule has 1 spiro atoms. The van der Waals surface area contributed by atoms with E-state index < -0.39 is 23.0 Å². The first-order valence-corrected chi connectivity index (χ1v) is 17.0. The van der Waals surface area contributed by atoms with Crippen molar-refractivity contribution < 1.29 is 24.2 Å². The zero-order chi connectivity index (χ0) is 34.8. The van der Waals surface area contributed by atoms with Gasteiger partial charge in [-0.2, -0.15) is 0 Å². The van der Waals surface area contributed by atoms with Crippen molar-refractivity contribution in [2.45, 2.75) is 96.6 Å². The number of amides is 2. The maximum Gasteiger partial charge on any atom is 0.412 e. The minimum absolute atomic E-state index is 0.145. The first kappa shape index (κ1) is 32.7. The van der Waals surface area contributed by atoms with E-state index in [0.29, 0.717) is 31.8 Å². The molecule has 256 valence electrons. The van der Waals surface area contributed by atoms with E-state index in [1.54, 1.807) is 27.0 Å². The number of rotatable bonds is 3. The van der Waals surface area contributed by atoms with E-state index >= 15 is 0 Å². The largest absolute Gasteiger partial charge is 0.444 e. The van der Waals surface area contributed by atoms with Crippen molar-refractivity contribution in [2.75, 3.05) is 13.1 Å². The first-order valence-electron chi connectivity index (χ1n) is 17.0.